The summed E-state index contributed by atoms with van der Waals surface area (Å²) < 4.78 is 32.0. The van der Waals surface area contributed by atoms with Gasteiger partial charge in [0, 0.05) is 5.92 Å². The summed E-state index contributed by atoms with van der Waals surface area (Å²) >= 11 is 0. The molecule has 0 aromatic heterocycles. The number of hydrogen-bond donors (Lipinski definition) is 0. The van der Waals surface area contributed by atoms with Crippen molar-refractivity contribution in [2.45, 2.75) is 80.6 Å². The minimum Gasteiger partial charge on any atom is -0.493 e. The maximum atomic E-state index is 11.0. The average molecular weight is 1100 g/mol. The van der Waals surface area contributed by atoms with Crippen molar-refractivity contribution in [3.63, 3.8) is 0 Å². The Morgan fingerprint density at radius 2 is 0.627 bits per heavy atom. The molecule has 418 valence electrons. The summed E-state index contributed by atoms with van der Waals surface area (Å²) in [7, 11) is 0. The lowest BCUT2D eigenvalue weighted by molar-refractivity contribution is 0.256. The highest BCUT2D eigenvalue weighted by Crippen LogP contribution is 2.36. The smallest absolute Gasteiger partial charge is 0.120 e. The molecule has 1 aliphatic rings. The molecule has 83 heavy (non-hydrogen) atoms. The van der Waals surface area contributed by atoms with Gasteiger partial charge in [-0.3, -0.25) is 0 Å². The Bertz CT molecular complexity index is 3600. The summed E-state index contributed by atoms with van der Waals surface area (Å²) in [5.41, 5.74) is 6.63. The van der Waals surface area contributed by atoms with Gasteiger partial charge < -0.3 is 23.7 Å². The quantitative estimate of drug-likeness (QED) is 0.0510. The number of nitrogens with zero attached hydrogens (tertiary/aromatic N) is 5. The molecule has 1 aliphatic carbocycles. The second kappa shape index (κ2) is 31.2. The zero-order valence-corrected chi connectivity index (χ0v) is 48.7. The first-order valence-corrected chi connectivity index (χ1v) is 28.3. The lowest BCUT2D eigenvalue weighted by Crippen LogP contribution is -2.09. The van der Waals surface area contributed by atoms with Crippen molar-refractivity contribution in [3.8, 4) is 83.8 Å². The van der Waals surface area contributed by atoms with Crippen molar-refractivity contribution in [3.05, 3.63) is 159 Å². The Labute approximate surface area is 492 Å². The second-order valence-electron chi connectivity index (χ2n) is 20.8. The first kappa shape index (κ1) is 62.3. The molecule has 0 saturated heterocycles. The Hall–Kier alpha value is -9.89. The number of hydrogen-bond acceptors (Lipinski definition) is 10. The second-order valence-corrected chi connectivity index (χ2v) is 20.8. The minimum absolute atomic E-state index is 0.0511. The summed E-state index contributed by atoms with van der Waals surface area (Å²) in [4.78, 5) is 0. The molecule has 0 N–H and O–H groups in total. The van der Waals surface area contributed by atoms with E-state index < -0.39 is 0 Å². The molecule has 5 unspecified atom stereocenters. The minimum atomic E-state index is -0.187. The van der Waals surface area contributed by atoms with E-state index in [2.05, 4.69) is 83.4 Å². The fourth-order valence-electron chi connectivity index (χ4n) is 8.69. The molecule has 5 aromatic rings. The van der Waals surface area contributed by atoms with Gasteiger partial charge in [0.15, 0.2) is 0 Å². The molecule has 0 radical (unpaired) electrons. The van der Waals surface area contributed by atoms with Crippen molar-refractivity contribution < 1.29 is 23.7 Å². The Balaban J connectivity index is 1.74. The molecule has 0 amide bonds. The number of benzene rings is 5. The highest BCUT2D eigenvalue weighted by Gasteiger charge is 2.18. The molecular formula is C73H71N5O5. The summed E-state index contributed by atoms with van der Waals surface area (Å²) in [6.07, 6.45) is 26.1. The lowest BCUT2D eigenvalue weighted by Gasteiger charge is -2.15. The highest BCUT2D eigenvalue weighted by atomic mass is 16.5. The summed E-state index contributed by atoms with van der Waals surface area (Å²) in [5.74, 6) is 7.99. The van der Waals surface area contributed by atoms with Crippen LogP contribution >= 0.6 is 0 Å². The van der Waals surface area contributed by atoms with E-state index in [1.165, 1.54) is 0 Å². The standard InChI is InChI=1S/C73H71N5O5/c1-11-49(9)44-79-69-29-54-19-60(35-69)65(40-75)27-57-22-63(38-72(32-57)82-47-52(15-5)16-6)68(43-78)28-58-23-62(37-73(33-58)83-48-53(17-7)18-8)67(42-77)25-55-20-59(34-70(30-55)80-45-50(10)12-2)64(39-74)26-56-21-61(66(24-54)41-76)36-71(31-56)81-46-51(13-3)14-4/h5,7,13,19-38,49-53H,3,11-12,14,16,18,44-48H2,1-2,4,6,8-10H3. The van der Waals surface area contributed by atoms with Gasteiger partial charge in [0.05, 0.1) is 89.9 Å². The highest BCUT2D eigenvalue weighted by molar-refractivity contribution is 5.98. The maximum Gasteiger partial charge on any atom is 0.120 e. The summed E-state index contributed by atoms with van der Waals surface area (Å²) in [5, 5.41) is 55.2. The van der Waals surface area contributed by atoms with Crippen LogP contribution in [0.15, 0.2) is 104 Å². The van der Waals surface area contributed by atoms with Crippen LogP contribution < -0.4 is 23.7 Å². The van der Waals surface area contributed by atoms with Gasteiger partial charge >= 0.3 is 0 Å². The zero-order chi connectivity index (χ0) is 59.8. The number of ether oxygens (including phenoxy) is 5. The number of nitriles is 5. The van der Waals surface area contributed by atoms with Gasteiger partial charge in [-0.15, -0.1) is 19.4 Å². The largest absolute Gasteiger partial charge is 0.493 e. The van der Waals surface area contributed by atoms with Crippen LogP contribution in [0.3, 0.4) is 0 Å². The molecule has 6 rings (SSSR count). The lowest BCUT2D eigenvalue weighted by atomic mass is 9.96. The SMILES string of the molecule is C#CC(CC)COc1cc2cc(c1)C(C#N)=Cc1cc(OCC(C#C)CC)cc(c1)C(C#N)=Cc1cc(OCC(C)CC)cc(c1)C(C#N)=Cc1cc(OCC(C=C)CC)cc(c1)C(C#N)=Cc1cc(OCC(C)CC)cc(c1)C(C#N)=C2. The molecule has 0 fully saturated rings. The van der Waals surface area contributed by atoms with Gasteiger partial charge in [-0.2, -0.15) is 26.3 Å². The summed E-state index contributed by atoms with van der Waals surface area (Å²) in [6, 6.07) is 39.1. The molecule has 0 spiro atoms. The summed E-state index contributed by atoms with van der Waals surface area (Å²) in [6.45, 7) is 19.9. The number of allylic oxidation sites excluding steroid dienone is 5. The van der Waals surface area contributed by atoms with Gasteiger partial charge in [-0.1, -0.05) is 79.2 Å². The van der Waals surface area contributed by atoms with Crippen molar-refractivity contribution in [1.82, 2.24) is 0 Å². The van der Waals surface area contributed by atoms with Gasteiger partial charge in [0.25, 0.3) is 0 Å². The van der Waals surface area contributed by atoms with E-state index >= 15 is 0 Å². The Morgan fingerprint density at radius 3 is 0.831 bits per heavy atom. The van der Waals surface area contributed by atoms with E-state index in [0.717, 1.165) is 19.3 Å². The molecule has 10 bridgehead atoms. The maximum absolute atomic E-state index is 11.0. The first-order valence-electron chi connectivity index (χ1n) is 28.3. The molecule has 0 heterocycles. The molecule has 10 heteroatoms. The van der Waals surface area contributed by atoms with Crippen LogP contribution in [0, 0.1) is 111 Å². The number of terminal acetylenes is 2. The van der Waals surface area contributed by atoms with Crippen LogP contribution in [0.4, 0.5) is 0 Å². The van der Waals surface area contributed by atoms with E-state index in [1.54, 1.807) is 78.9 Å². The monoisotopic (exact) mass is 1100 g/mol. The number of fused-ring (bicyclic) bond motifs is 10. The van der Waals surface area contributed by atoms with Crippen LogP contribution in [0.25, 0.3) is 58.2 Å². The van der Waals surface area contributed by atoms with Crippen LogP contribution in [-0.2, 0) is 0 Å². The van der Waals surface area contributed by atoms with Crippen LogP contribution in [0.2, 0.25) is 0 Å². The topological polar surface area (TPSA) is 165 Å². The fourth-order valence-corrected chi connectivity index (χ4v) is 8.69. The molecular weight excluding hydrogens is 1030 g/mol. The molecule has 0 saturated carbocycles. The van der Waals surface area contributed by atoms with Gasteiger partial charge in [-0.25, -0.2) is 0 Å². The van der Waals surface area contributed by atoms with Crippen LogP contribution in [-0.4, -0.2) is 33.0 Å². The number of rotatable bonds is 21. The molecule has 0 aliphatic heterocycles. The van der Waals surface area contributed by atoms with E-state index in [9.17, 15) is 26.3 Å². The third-order valence-electron chi connectivity index (χ3n) is 14.5. The third kappa shape index (κ3) is 17.8. The van der Waals surface area contributed by atoms with Crippen molar-refractivity contribution in [2.24, 2.45) is 29.6 Å². The predicted molar refractivity (Wildman–Crippen MR) is 335 cm³/mol. The van der Waals surface area contributed by atoms with Gasteiger partial charge in [-0.05, 0) is 208 Å². The molecule has 5 aromatic carbocycles. The molecule has 10 nitrogen and oxygen atoms in total. The van der Waals surface area contributed by atoms with Gasteiger partial charge in [0.2, 0.25) is 0 Å². The predicted octanol–water partition coefficient (Wildman–Crippen LogP) is 16.8. The average Bonchev–Trinajstić information content (AvgIpc) is 3.72. The molecule has 5 atom stereocenters. The van der Waals surface area contributed by atoms with Crippen LogP contribution in [0.1, 0.15) is 136 Å². The Kier molecular flexibility index (Phi) is 23.4. The zero-order valence-electron chi connectivity index (χ0n) is 48.7. The van der Waals surface area contributed by atoms with Crippen LogP contribution in [0.5, 0.6) is 28.7 Å². The van der Waals surface area contributed by atoms with E-state index in [1.807, 2.05) is 62.4 Å². The first-order chi connectivity index (χ1) is 40.2. The van der Waals surface area contributed by atoms with E-state index in [4.69, 9.17) is 36.5 Å². The van der Waals surface area contributed by atoms with Crippen molar-refractivity contribution in [1.29, 1.82) is 26.3 Å². The normalized spacial score (nSPS) is 13.8. The van der Waals surface area contributed by atoms with E-state index in [-0.39, 0.29) is 70.7 Å². The van der Waals surface area contributed by atoms with Gasteiger partial charge in [0.1, 0.15) is 42.0 Å². The fraction of sp³-hybridized carbons (Fsp3) is 0.301. The Morgan fingerprint density at radius 1 is 0.373 bits per heavy atom. The van der Waals surface area contributed by atoms with Crippen molar-refractivity contribution >= 4 is 58.2 Å². The van der Waals surface area contributed by atoms with Crippen molar-refractivity contribution in [2.75, 3.05) is 33.0 Å². The van der Waals surface area contributed by atoms with E-state index in [0.29, 0.717) is 117 Å². The third-order valence-corrected chi connectivity index (χ3v) is 14.5.